The van der Waals surface area contributed by atoms with Gasteiger partial charge in [-0.3, -0.25) is 0 Å². The van der Waals surface area contributed by atoms with Crippen molar-refractivity contribution in [3.05, 3.63) is 58.6 Å². The minimum absolute atomic E-state index is 0.763. The average molecular weight is 256 g/mol. The summed E-state index contributed by atoms with van der Waals surface area (Å²) in [5.74, 6) is 0. The number of hydrogen-bond acceptors (Lipinski definition) is 0. The van der Waals surface area contributed by atoms with E-state index in [1.165, 1.54) is 22.0 Å². The van der Waals surface area contributed by atoms with Crippen LogP contribution in [0.3, 0.4) is 0 Å². The van der Waals surface area contributed by atoms with Crippen molar-refractivity contribution in [2.24, 2.45) is 0 Å². The molecule has 0 aliphatic rings. The second-order valence-corrected chi connectivity index (χ2v) is 5.18. The van der Waals surface area contributed by atoms with Crippen molar-refractivity contribution in [2.45, 2.75) is 13.8 Å². The van der Waals surface area contributed by atoms with Crippen LogP contribution in [0.2, 0.25) is 5.02 Å². The van der Waals surface area contributed by atoms with E-state index in [1.807, 2.05) is 18.2 Å². The first-order valence-corrected chi connectivity index (χ1v) is 6.37. The van der Waals surface area contributed by atoms with E-state index in [0.29, 0.717) is 0 Å². The summed E-state index contributed by atoms with van der Waals surface area (Å²) >= 11 is 6.04. The van der Waals surface area contributed by atoms with E-state index >= 15 is 0 Å². The van der Waals surface area contributed by atoms with Crippen LogP contribution >= 0.6 is 11.6 Å². The molecule has 0 bridgehead atoms. The zero-order valence-electron chi connectivity index (χ0n) is 10.4. The molecule has 3 aromatic rings. The number of nitrogens with one attached hydrogen (secondary N) is 1. The Labute approximate surface area is 111 Å². The highest BCUT2D eigenvalue weighted by Gasteiger charge is 2.06. The summed E-state index contributed by atoms with van der Waals surface area (Å²) in [6, 6.07) is 14.5. The Bertz CT molecular complexity index is 725. The molecule has 3 rings (SSSR count). The Morgan fingerprint density at radius 2 is 1.83 bits per heavy atom. The molecule has 2 aromatic carbocycles. The number of fused-ring (bicyclic) bond motifs is 1. The van der Waals surface area contributed by atoms with Crippen LogP contribution < -0.4 is 0 Å². The van der Waals surface area contributed by atoms with E-state index in [0.717, 1.165) is 16.3 Å². The summed E-state index contributed by atoms with van der Waals surface area (Å²) in [6.45, 7) is 4.26. The van der Waals surface area contributed by atoms with Gasteiger partial charge in [-0.1, -0.05) is 35.4 Å². The molecule has 1 aromatic heterocycles. The second-order valence-electron chi connectivity index (χ2n) is 4.74. The van der Waals surface area contributed by atoms with Crippen LogP contribution in [-0.4, -0.2) is 4.98 Å². The van der Waals surface area contributed by atoms with Gasteiger partial charge in [-0.2, -0.15) is 0 Å². The lowest BCUT2D eigenvalue weighted by atomic mass is 10.1. The minimum Gasteiger partial charge on any atom is -0.354 e. The van der Waals surface area contributed by atoms with Crippen molar-refractivity contribution in [1.29, 1.82) is 0 Å². The number of hydrogen-bond donors (Lipinski definition) is 1. The number of benzene rings is 2. The normalized spacial score (nSPS) is 11.1. The highest BCUT2D eigenvalue weighted by Crippen LogP contribution is 2.28. The topological polar surface area (TPSA) is 15.8 Å². The highest BCUT2D eigenvalue weighted by molar-refractivity contribution is 6.30. The van der Waals surface area contributed by atoms with E-state index in [1.54, 1.807) is 0 Å². The number of aryl methyl sites for hydroxylation is 2. The van der Waals surface area contributed by atoms with Gasteiger partial charge in [0.15, 0.2) is 0 Å². The summed E-state index contributed by atoms with van der Waals surface area (Å²) in [6.07, 6.45) is 0. The zero-order valence-corrected chi connectivity index (χ0v) is 11.2. The molecule has 18 heavy (non-hydrogen) atoms. The zero-order chi connectivity index (χ0) is 12.7. The maximum absolute atomic E-state index is 6.04. The van der Waals surface area contributed by atoms with Crippen molar-refractivity contribution in [3.8, 4) is 11.3 Å². The van der Waals surface area contributed by atoms with Gasteiger partial charge >= 0.3 is 0 Å². The fraction of sp³-hybridized carbons (Fsp3) is 0.125. The molecule has 0 amide bonds. The minimum atomic E-state index is 0.763. The molecule has 0 saturated carbocycles. The van der Waals surface area contributed by atoms with Gasteiger partial charge in [0.05, 0.1) is 0 Å². The number of halogens is 1. The van der Waals surface area contributed by atoms with Gasteiger partial charge in [0, 0.05) is 21.6 Å². The third-order valence-corrected chi connectivity index (χ3v) is 3.44. The molecule has 0 aliphatic carbocycles. The van der Waals surface area contributed by atoms with Gasteiger partial charge in [0.25, 0.3) is 0 Å². The van der Waals surface area contributed by atoms with E-state index in [-0.39, 0.29) is 0 Å². The first-order chi connectivity index (χ1) is 8.63. The van der Waals surface area contributed by atoms with E-state index in [9.17, 15) is 0 Å². The van der Waals surface area contributed by atoms with Crippen molar-refractivity contribution < 1.29 is 0 Å². The number of rotatable bonds is 1. The Morgan fingerprint density at radius 1 is 1.00 bits per heavy atom. The monoisotopic (exact) mass is 255 g/mol. The molecule has 0 saturated heterocycles. The third-order valence-electron chi connectivity index (χ3n) is 3.21. The fourth-order valence-corrected chi connectivity index (χ4v) is 2.61. The molecular formula is C16H14ClN. The second kappa shape index (κ2) is 4.18. The molecule has 0 spiro atoms. The van der Waals surface area contributed by atoms with Crippen LogP contribution in [0.4, 0.5) is 0 Å². The predicted octanol–water partition coefficient (Wildman–Crippen LogP) is 5.11. The van der Waals surface area contributed by atoms with Gasteiger partial charge in [-0.25, -0.2) is 0 Å². The highest BCUT2D eigenvalue weighted by atomic mass is 35.5. The van der Waals surface area contributed by atoms with Crippen molar-refractivity contribution in [1.82, 2.24) is 4.98 Å². The molecular weight excluding hydrogens is 242 g/mol. The van der Waals surface area contributed by atoms with Gasteiger partial charge in [-0.15, -0.1) is 0 Å². The maximum atomic E-state index is 6.04. The first kappa shape index (κ1) is 11.4. The Kier molecular flexibility index (Phi) is 2.64. The van der Waals surface area contributed by atoms with Gasteiger partial charge in [0.2, 0.25) is 0 Å². The summed E-state index contributed by atoms with van der Waals surface area (Å²) in [5, 5.41) is 2.02. The SMILES string of the molecule is Cc1cc(C)c2[nH]c(-c3cccc(Cl)c3)cc2c1. The summed E-state index contributed by atoms with van der Waals surface area (Å²) in [7, 11) is 0. The molecule has 90 valence electrons. The van der Waals surface area contributed by atoms with Crippen LogP contribution in [0.25, 0.3) is 22.2 Å². The molecule has 0 fully saturated rings. The third kappa shape index (κ3) is 1.91. The lowest BCUT2D eigenvalue weighted by molar-refractivity contribution is 1.38. The van der Waals surface area contributed by atoms with Crippen LogP contribution in [0.1, 0.15) is 11.1 Å². The summed E-state index contributed by atoms with van der Waals surface area (Å²) in [5.41, 5.74) is 6.00. The number of aromatic amines is 1. The predicted molar refractivity (Wildman–Crippen MR) is 78.2 cm³/mol. The standard InChI is InChI=1S/C16H14ClN/c1-10-6-11(2)16-13(7-10)9-15(18-16)12-4-3-5-14(17)8-12/h3-9,18H,1-2H3. The van der Waals surface area contributed by atoms with Crippen LogP contribution in [0, 0.1) is 13.8 Å². The molecule has 1 nitrogen and oxygen atoms in total. The van der Waals surface area contributed by atoms with Crippen LogP contribution in [-0.2, 0) is 0 Å². The maximum Gasteiger partial charge on any atom is 0.0488 e. The van der Waals surface area contributed by atoms with Crippen molar-refractivity contribution in [3.63, 3.8) is 0 Å². The molecule has 0 radical (unpaired) electrons. The lowest BCUT2D eigenvalue weighted by Gasteiger charge is -1.99. The lowest BCUT2D eigenvalue weighted by Crippen LogP contribution is -1.79. The molecule has 1 heterocycles. The molecule has 0 unspecified atom stereocenters. The first-order valence-electron chi connectivity index (χ1n) is 5.99. The molecule has 2 heteroatoms. The smallest absolute Gasteiger partial charge is 0.0488 e. The fourth-order valence-electron chi connectivity index (χ4n) is 2.42. The van der Waals surface area contributed by atoms with E-state index in [2.05, 4.69) is 43.1 Å². The van der Waals surface area contributed by atoms with E-state index in [4.69, 9.17) is 11.6 Å². The van der Waals surface area contributed by atoms with Crippen LogP contribution in [0.15, 0.2) is 42.5 Å². The van der Waals surface area contributed by atoms with Gasteiger partial charge in [0.1, 0.15) is 0 Å². The van der Waals surface area contributed by atoms with Crippen molar-refractivity contribution >= 4 is 22.5 Å². The van der Waals surface area contributed by atoms with Crippen molar-refractivity contribution in [2.75, 3.05) is 0 Å². The Hall–Kier alpha value is -1.73. The molecule has 0 atom stereocenters. The Morgan fingerprint density at radius 3 is 2.61 bits per heavy atom. The Balaban J connectivity index is 2.22. The average Bonchev–Trinajstić information content (AvgIpc) is 2.73. The number of H-pyrrole nitrogens is 1. The largest absolute Gasteiger partial charge is 0.354 e. The van der Waals surface area contributed by atoms with Gasteiger partial charge < -0.3 is 4.98 Å². The van der Waals surface area contributed by atoms with E-state index < -0.39 is 0 Å². The summed E-state index contributed by atoms with van der Waals surface area (Å²) in [4.78, 5) is 3.48. The molecule has 0 aliphatic heterocycles. The van der Waals surface area contributed by atoms with Crippen LogP contribution in [0.5, 0.6) is 0 Å². The quantitative estimate of drug-likeness (QED) is 0.622. The molecule has 1 N–H and O–H groups in total. The van der Waals surface area contributed by atoms with Gasteiger partial charge in [-0.05, 0) is 49.2 Å². The summed E-state index contributed by atoms with van der Waals surface area (Å²) < 4.78 is 0. The number of aromatic nitrogens is 1.